The molecule has 1 heterocycles. The van der Waals surface area contributed by atoms with Crippen molar-refractivity contribution in [2.24, 2.45) is 5.73 Å². The second-order valence-electron chi connectivity index (χ2n) is 3.71. The molecule has 74 valence electrons. The Morgan fingerprint density at radius 3 is 2.93 bits per heavy atom. The fraction of sp³-hybridized carbons (Fsp3) is 0.273. The average molecular weight is 190 g/mol. The van der Waals surface area contributed by atoms with Gasteiger partial charge in [-0.1, -0.05) is 6.07 Å². The van der Waals surface area contributed by atoms with E-state index in [1.54, 1.807) is 6.07 Å². The topological polar surface area (TPSA) is 62.0 Å². The molecule has 0 radical (unpaired) electrons. The summed E-state index contributed by atoms with van der Waals surface area (Å²) in [6.07, 6.45) is 0.800. The van der Waals surface area contributed by atoms with Gasteiger partial charge in [0.05, 0.1) is 0 Å². The molecular formula is C11H14N2O. The van der Waals surface area contributed by atoms with Crippen molar-refractivity contribution in [3.8, 4) is 5.75 Å². The number of hydrogen-bond acceptors (Lipinski definition) is 2. The Morgan fingerprint density at radius 1 is 1.50 bits per heavy atom. The first kappa shape index (κ1) is 9.09. The molecular weight excluding hydrogens is 176 g/mol. The van der Waals surface area contributed by atoms with E-state index in [2.05, 4.69) is 4.98 Å². The van der Waals surface area contributed by atoms with Crippen molar-refractivity contribution in [2.45, 2.75) is 19.4 Å². The Morgan fingerprint density at radius 2 is 2.29 bits per heavy atom. The van der Waals surface area contributed by atoms with Crippen LogP contribution in [0.25, 0.3) is 10.9 Å². The van der Waals surface area contributed by atoms with Crippen LogP contribution in [-0.2, 0) is 6.42 Å². The van der Waals surface area contributed by atoms with E-state index < -0.39 is 0 Å². The summed E-state index contributed by atoms with van der Waals surface area (Å²) in [7, 11) is 0. The maximum Gasteiger partial charge on any atom is 0.124 e. The van der Waals surface area contributed by atoms with Gasteiger partial charge in [0.25, 0.3) is 0 Å². The summed E-state index contributed by atoms with van der Waals surface area (Å²) >= 11 is 0. The van der Waals surface area contributed by atoms with E-state index in [0.717, 1.165) is 23.0 Å². The third-order valence-electron chi connectivity index (χ3n) is 2.24. The summed E-state index contributed by atoms with van der Waals surface area (Å²) < 4.78 is 0. The van der Waals surface area contributed by atoms with Gasteiger partial charge in [-0.2, -0.15) is 0 Å². The van der Waals surface area contributed by atoms with E-state index in [4.69, 9.17) is 5.73 Å². The molecule has 0 fully saturated rings. The summed E-state index contributed by atoms with van der Waals surface area (Å²) in [5.74, 6) is 0.315. The lowest BCUT2D eigenvalue weighted by Crippen LogP contribution is -2.17. The first-order valence-electron chi connectivity index (χ1n) is 4.72. The van der Waals surface area contributed by atoms with Crippen molar-refractivity contribution in [1.82, 2.24) is 4.98 Å². The number of aromatic nitrogens is 1. The van der Waals surface area contributed by atoms with Gasteiger partial charge < -0.3 is 15.8 Å². The molecule has 14 heavy (non-hydrogen) atoms. The Kier molecular flexibility index (Phi) is 2.17. The lowest BCUT2D eigenvalue weighted by molar-refractivity contribution is 0.481. The average Bonchev–Trinajstić information content (AvgIpc) is 2.47. The Bertz CT molecular complexity index is 445. The van der Waals surface area contributed by atoms with Gasteiger partial charge in [-0.25, -0.2) is 0 Å². The maximum atomic E-state index is 9.57. The predicted octanol–water partition coefficient (Wildman–Crippen LogP) is 1.76. The van der Waals surface area contributed by atoms with E-state index in [9.17, 15) is 5.11 Å². The van der Waals surface area contributed by atoms with Crippen LogP contribution in [0, 0.1) is 0 Å². The number of rotatable bonds is 2. The molecule has 0 saturated heterocycles. The fourth-order valence-corrected chi connectivity index (χ4v) is 1.65. The van der Waals surface area contributed by atoms with E-state index >= 15 is 0 Å². The van der Waals surface area contributed by atoms with Crippen molar-refractivity contribution in [3.05, 3.63) is 30.0 Å². The Labute approximate surface area is 82.6 Å². The number of H-pyrrole nitrogens is 1. The van der Waals surface area contributed by atoms with Gasteiger partial charge in [0.2, 0.25) is 0 Å². The molecule has 1 unspecified atom stereocenters. The molecule has 3 nitrogen and oxygen atoms in total. The first-order valence-corrected chi connectivity index (χ1v) is 4.72. The van der Waals surface area contributed by atoms with Crippen molar-refractivity contribution in [1.29, 1.82) is 0 Å². The Balaban J connectivity index is 2.46. The third kappa shape index (κ3) is 1.59. The number of nitrogens with one attached hydrogen (secondary N) is 1. The number of hydrogen-bond donors (Lipinski definition) is 3. The SMILES string of the molecule is CC(N)Cc1cc2c(O)cccc2[nH]1. The van der Waals surface area contributed by atoms with Crippen LogP contribution >= 0.6 is 0 Å². The fourth-order valence-electron chi connectivity index (χ4n) is 1.65. The lowest BCUT2D eigenvalue weighted by atomic mass is 10.2. The minimum Gasteiger partial charge on any atom is -0.507 e. The van der Waals surface area contributed by atoms with E-state index in [-0.39, 0.29) is 6.04 Å². The van der Waals surface area contributed by atoms with Crippen LogP contribution in [0.3, 0.4) is 0 Å². The molecule has 0 amide bonds. The number of benzene rings is 1. The van der Waals surface area contributed by atoms with Gasteiger partial charge in [0, 0.05) is 29.1 Å². The van der Waals surface area contributed by atoms with E-state index in [1.807, 2.05) is 25.1 Å². The maximum absolute atomic E-state index is 9.57. The normalized spacial score (nSPS) is 13.3. The van der Waals surface area contributed by atoms with Crippen molar-refractivity contribution in [3.63, 3.8) is 0 Å². The molecule has 2 aromatic rings. The number of nitrogens with two attached hydrogens (primary N) is 1. The smallest absolute Gasteiger partial charge is 0.124 e. The van der Waals surface area contributed by atoms with Crippen LogP contribution in [-0.4, -0.2) is 16.1 Å². The van der Waals surface area contributed by atoms with Crippen LogP contribution in [0.15, 0.2) is 24.3 Å². The molecule has 0 bridgehead atoms. The molecule has 0 saturated carbocycles. The first-order chi connectivity index (χ1) is 6.66. The summed E-state index contributed by atoms with van der Waals surface area (Å²) in [4.78, 5) is 3.23. The molecule has 0 aliphatic heterocycles. The molecule has 1 atom stereocenters. The summed E-state index contributed by atoms with van der Waals surface area (Å²) in [6.45, 7) is 1.96. The van der Waals surface area contributed by atoms with Crippen LogP contribution in [0.5, 0.6) is 5.75 Å². The highest BCUT2D eigenvalue weighted by Gasteiger charge is 2.05. The zero-order valence-electron chi connectivity index (χ0n) is 8.12. The number of fused-ring (bicyclic) bond motifs is 1. The van der Waals surface area contributed by atoms with Crippen molar-refractivity contribution in [2.75, 3.05) is 0 Å². The monoisotopic (exact) mass is 190 g/mol. The molecule has 4 N–H and O–H groups in total. The zero-order valence-corrected chi connectivity index (χ0v) is 8.12. The second-order valence-corrected chi connectivity index (χ2v) is 3.71. The predicted molar refractivity (Wildman–Crippen MR) is 57.3 cm³/mol. The zero-order chi connectivity index (χ0) is 10.1. The highest BCUT2D eigenvalue weighted by Crippen LogP contribution is 2.25. The molecule has 0 aliphatic carbocycles. The van der Waals surface area contributed by atoms with Gasteiger partial charge in [-0.15, -0.1) is 0 Å². The van der Waals surface area contributed by atoms with Crippen LogP contribution in [0.4, 0.5) is 0 Å². The van der Waals surface area contributed by atoms with E-state index in [1.165, 1.54) is 0 Å². The van der Waals surface area contributed by atoms with Crippen LogP contribution in [0.2, 0.25) is 0 Å². The molecule has 0 aliphatic rings. The molecule has 2 rings (SSSR count). The number of phenolic OH excluding ortho intramolecular Hbond substituents is 1. The van der Waals surface area contributed by atoms with Crippen molar-refractivity contribution < 1.29 is 5.11 Å². The largest absolute Gasteiger partial charge is 0.507 e. The van der Waals surface area contributed by atoms with Gasteiger partial charge in [0.1, 0.15) is 5.75 Å². The summed E-state index contributed by atoms with van der Waals surface area (Å²) in [5.41, 5.74) is 7.73. The molecule has 1 aromatic heterocycles. The number of aromatic hydroxyl groups is 1. The molecule has 1 aromatic carbocycles. The van der Waals surface area contributed by atoms with Gasteiger partial charge in [-0.3, -0.25) is 0 Å². The van der Waals surface area contributed by atoms with Gasteiger partial charge in [-0.05, 0) is 25.1 Å². The summed E-state index contributed by atoms with van der Waals surface area (Å²) in [6, 6.07) is 7.54. The minimum atomic E-state index is 0.130. The Hall–Kier alpha value is -1.48. The highest BCUT2D eigenvalue weighted by molar-refractivity contribution is 5.86. The van der Waals surface area contributed by atoms with Crippen molar-refractivity contribution >= 4 is 10.9 Å². The molecule has 3 heteroatoms. The quantitative estimate of drug-likeness (QED) is 0.675. The van der Waals surface area contributed by atoms with Gasteiger partial charge >= 0.3 is 0 Å². The van der Waals surface area contributed by atoms with Crippen LogP contribution in [0.1, 0.15) is 12.6 Å². The minimum absolute atomic E-state index is 0.130. The lowest BCUT2D eigenvalue weighted by Gasteiger charge is -2.00. The van der Waals surface area contributed by atoms with Crippen LogP contribution < -0.4 is 5.73 Å². The molecule has 0 spiro atoms. The second kappa shape index (κ2) is 3.35. The number of aromatic amines is 1. The summed E-state index contributed by atoms with van der Waals surface area (Å²) in [5, 5.41) is 10.4. The van der Waals surface area contributed by atoms with Gasteiger partial charge in [0.15, 0.2) is 0 Å². The standard InChI is InChI=1S/C11H14N2O/c1-7(12)5-8-6-9-10(13-8)3-2-4-11(9)14/h2-4,6-7,13-14H,5,12H2,1H3. The van der Waals surface area contributed by atoms with E-state index in [0.29, 0.717) is 5.75 Å². The third-order valence-corrected chi connectivity index (χ3v) is 2.24. The number of phenols is 1. The highest BCUT2D eigenvalue weighted by atomic mass is 16.3.